The van der Waals surface area contributed by atoms with E-state index in [1.807, 2.05) is 53.0 Å². The smallest absolute Gasteiger partial charge is 0.160 e. The molecule has 0 amide bonds. The topological polar surface area (TPSA) is 38.9 Å². The van der Waals surface area contributed by atoms with Crippen LogP contribution in [0.1, 0.15) is 0 Å². The van der Waals surface area contributed by atoms with E-state index in [-0.39, 0.29) is 0 Å². The van der Waals surface area contributed by atoms with E-state index in [0.717, 1.165) is 61.1 Å². The first-order valence-corrected chi connectivity index (χ1v) is 20.7. The van der Waals surface area contributed by atoms with Crippen LogP contribution in [0, 0.1) is 0 Å². The van der Waals surface area contributed by atoms with Crippen LogP contribution in [-0.2, 0) is 0 Å². The van der Waals surface area contributed by atoms with Crippen molar-refractivity contribution in [3.05, 3.63) is 182 Å². The first-order chi connectivity index (χ1) is 28.2. The van der Waals surface area contributed by atoms with Gasteiger partial charge >= 0.3 is 0 Å². The van der Waals surface area contributed by atoms with E-state index in [2.05, 4.69) is 152 Å². The summed E-state index contributed by atoms with van der Waals surface area (Å²) in [5.41, 5.74) is 11.0. The highest BCUT2D eigenvalue weighted by Crippen LogP contribution is 2.45. The molecule has 0 saturated heterocycles. The fourth-order valence-corrected chi connectivity index (χ4v) is 10.9. The van der Waals surface area contributed by atoms with Gasteiger partial charge in [-0.25, -0.2) is 9.97 Å². The van der Waals surface area contributed by atoms with Gasteiger partial charge in [-0.1, -0.05) is 133 Å². The monoisotopic (exact) mass is 762 g/mol. The Morgan fingerprint density at radius 2 is 0.860 bits per heavy atom. The van der Waals surface area contributed by atoms with Crippen molar-refractivity contribution in [2.24, 2.45) is 0 Å². The van der Waals surface area contributed by atoms with Crippen LogP contribution in [0.15, 0.2) is 186 Å². The minimum atomic E-state index is 0.668. The van der Waals surface area contributed by atoms with Gasteiger partial charge in [0, 0.05) is 67.8 Å². The van der Waals surface area contributed by atoms with E-state index in [4.69, 9.17) is 14.4 Å². The van der Waals surface area contributed by atoms with Gasteiger partial charge in [0.15, 0.2) is 5.82 Å². The number of nitrogens with zero attached hydrogens (tertiary/aromatic N) is 2. The third-order valence-electron chi connectivity index (χ3n) is 11.1. The molecular weight excluding hydrogens is 733 g/mol. The third-order valence-corrected chi connectivity index (χ3v) is 13.5. The van der Waals surface area contributed by atoms with Gasteiger partial charge in [-0.05, 0) is 70.8 Å². The highest BCUT2D eigenvalue weighted by molar-refractivity contribution is 7.26. The molecule has 0 spiro atoms. The number of benzene rings is 8. The van der Waals surface area contributed by atoms with Gasteiger partial charge in [-0.3, -0.25) is 0 Å². The zero-order chi connectivity index (χ0) is 37.5. The van der Waals surface area contributed by atoms with Crippen LogP contribution in [0.2, 0.25) is 0 Å². The summed E-state index contributed by atoms with van der Waals surface area (Å²) in [5.74, 6) is 0.668. The van der Waals surface area contributed by atoms with E-state index in [1.54, 1.807) is 0 Å². The van der Waals surface area contributed by atoms with Gasteiger partial charge in [0.05, 0.1) is 11.4 Å². The molecule has 8 aromatic carbocycles. The van der Waals surface area contributed by atoms with Crippen molar-refractivity contribution in [3.63, 3.8) is 0 Å². The molecule has 266 valence electrons. The Morgan fingerprint density at radius 1 is 0.351 bits per heavy atom. The fraction of sp³-hybridized carbons (Fsp3) is 0. The maximum Gasteiger partial charge on any atom is 0.160 e. The number of rotatable bonds is 5. The summed E-state index contributed by atoms with van der Waals surface area (Å²) in [5, 5.41) is 7.30. The predicted octanol–water partition coefficient (Wildman–Crippen LogP) is 15.4. The first-order valence-electron chi connectivity index (χ1n) is 19.1. The second-order valence-electron chi connectivity index (χ2n) is 14.5. The molecule has 57 heavy (non-hydrogen) atoms. The van der Waals surface area contributed by atoms with Gasteiger partial charge in [0.2, 0.25) is 0 Å². The van der Waals surface area contributed by atoms with Crippen molar-refractivity contribution in [2.45, 2.75) is 0 Å². The Labute approximate surface area is 335 Å². The van der Waals surface area contributed by atoms with Crippen molar-refractivity contribution >= 4 is 85.0 Å². The first kappa shape index (κ1) is 32.3. The molecule has 0 unspecified atom stereocenters. The van der Waals surface area contributed by atoms with Crippen LogP contribution in [0.25, 0.3) is 118 Å². The fourth-order valence-electron chi connectivity index (χ4n) is 8.43. The van der Waals surface area contributed by atoms with Gasteiger partial charge in [-0.2, -0.15) is 0 Å². The van der Waals surface area contributed by atoms with Crippen LogP contribution in [0.5, 0.6) is 0 Å². The summed E-state index contributed by atoms with van der Waals surface area (Å²) in [6, 6.07) is 64.8. The molecule has 4 heterocycles. The summed E-state index contributed by atoms with van der Waals surface area (Å²) in [6.45, 7) is 0. The second-order valence-corrected chi connectivity index (χ2v) is 16.6. The molecule has 5 heteroatoms. The molecule has 3 nitrogen and oxygen atoms in total. The normalized spacial score (nSPS) is 11.9. The zero-order valence-electron chi connectivity index (χ0n) is 30.4. The van der Waals surface area contributed by atoms with Gasteiger partial charge in [0.1, 0.15) is 11.2 Å². The SMILES string of the molecule is c1ccc(-c2nc(-c3cc(-c4cccc5c4sc4ccccc45)cc(-c4cccc5c4sc4ccccc45)c3)cc(-c3cccc4c3oc3ccccc34)n2)cc1. The molecule has 0 aliphatic rings. The largest absolute Gasteiger partial charge is 0.455 e. The van der Waals surface area contributed by atoms with Gasteiger partial charge in [-0.15, -0.1) is 22.7 Å². The molecular formula is C52H30N2OS2. The van der Waals surface area contributed by atoms with Crippen LogP contribution in [0.4, 0.5) is 0 Å². The lowest BCUT2D eigenvalue weighted by Crippen LogP contribution is -1.97. The van der Waals surface area contributed by atoms with E-state index >= 15 is 0 Å². The summed E-state index contributed by atoms with van der Waals surface area (Å²) >= 11 is 3.72. The standard InChI is InChI=1S/C52H30N2OS2/c1-2-13-31(14-3-1)52-53-44(30-45(54-52)43-23-12-20-40-37-15-4-7-24-46(37)55-49(40)43)34-28-32(35-18-10-21-41-38-16-5-8-25-47(38)56-50(35)41)27-33(29-34)36-19-11-22-42-39-17-6-9-26-48(39)57-51(36)42/h1-30H. The molecule has 0 aliphatic carbocycles. The summed E-state index contributed by atoms with van der Waals surface area (Å²) in [6.07, 6.45) is 0. The highest BCUT2D eigenvalue weighted by atomic mass is 32.1. The number of hydrogen-bond acceptors (Lipinski definition) is 5. The Morgan fingerprint density at radius 3 is 1.53 bits per heavy atom. The Bertz CT molecular complexity index is 3410. The van der Waals surface area contributed by atoms with Crippen molar-refractivity contribution < 1.29 is 4.42 Å². The summed E-state index contributed by atoms with van der Waals surface area (Å²) < 4.78 is 11.7. The molecule has 0 radical (unpaired) electrons. The quantitative estimate of drug-likeness (QED) is 0.175. The Kier molecular flexibility index (Phi) is 7.27. The highest BCUT2D eigenvalue weighted by Gasteiger charge is 2.19. The summed E-state index contributed by atoms with van der Waals surface area (Å²) in [7, 11) is 0. The van der Waals surface area contributed by atoms with Crippen molar-refractivity contribution in [3.8, 4) is 56.2 Å². The number of furan rings is 1. The predicted molar refractivity (Wildman–Crippen MR) is 242 cm³/mol. The third kappa shape index (κ3) is 5.24. The van der Waals surface area contributed by atoms with E-state index in [1.165, 1.54) is 51.5 Å². The summed E-state index contributed by atoms with van der Waals surface area (Å²) in [4.78, 5) is 10.6. The lowest BCUT2D eigenvalue weighted by atomic mass is 9.93. The number of aromatic nitrogens is 2. The zero-order valence-corrected chi connectivity index (χ0v) is 32.1. The molecule has 4 aromatic heterocycles. The molecule has 0 atom stereocenters. The van der Waals surface area contributed by atoms with Crippen molar-refractivity contribution in [1.29, 1.82) is 0 Å². The Balaban J connectivity index is 1.14. The second kappa shape index (κ2) is 12.8. The molecule has 0 bridgehead atoms. The lowest BCUT2D eigenvalue weighted by molar-refractivity contribution is 0.670. The molecule has 12 aromatic rings. The average Bonchev–Trinajstić information content (AvgIpc) is 3.98. The maximum absolute atomic E-state index is 6.56. The minimum Gasteiger partial charge on any atom is -0.455 e. The molecule has 0 saturated carbocycles. The van der Waals surface area contributed by atoms with Crippen molar-refractivity contribution in [1.82, 2.24) is 9.97 Å². The number of thiophene rings is 2. The van der Waals surface area contributed by atoms with Gasteiger partial charge in [0.25, 0.3) is 0 Å². The molecule has 0 aliphatic heterocycles. The number of hydrogen-bond donors (Lipinski definition) is 0. The molecule has 0 N–H and O–H groups in total. The maximum atomic E-state index is 6.56. The van der Waals surface area contributed by atoms with E-state index in [9.17, 15) is 0 Å². The van der Waals surface area contributed by atoms with Crippen molar-refractivity contribution in [2.75, 3.05) is 0 Å². The number of fused-ring (bicyclic) bond motifs is 9. The van der Waals surface area contributed by atoms with Crippen LogP contribution in [-0.4, -0.2) is 9.97 Å². The Hall–Kier alpha value is -6.92. The van der Waals surface area contributed by atoms with E-state index < -0.39 is 0 Å². The number of para-hydroxylation sites is 2. The van der Waals surface area contributed by atoms with Crippen LogP contribution in [0.3, 0.4) is 0 Å². The van der Waals surface area contributed by atoms with Gasteiger partial charge < -0.3 is 4.42 Å². The lowest BCUT2D eigenvalue weighted by Gasteiger charge is -2.14. The average molecular weight is 763 g/mol. The van der Waals surface area contributed by atoms with E-state index in [0.29, 0.717) is 5.82 Å². The van der Waals surface area contributed by atoms with Crippen LogP contribution < -0.4 is 0 Å². The minimum absolute atomic E-state index is 0.668. The molecule has 0 fully saturated rings. The molecule has 12 rings (SSSR count). The van der Waals surface area contributed by atoms with Crippen LogP contribution >= 0.6 is 22.7 Å².